The number of rotatable bonds is 10. The fraction of sp³-hybridized carbons (Fsp3) is 1.00. The van der Waals surface area contributed by atoms with E-state index < -0.39 is 0 Å². The van der Waals surface area contributed by atoms with E-state index in [4.69, 9.17) is 0 Å². The molecule has 19 heavy (non-hydrogen) atoms. The molecule has 2 atom stereocenters. The minimum absolute atomic E-state index is 0.765. The third kappa shape index (κ3) is 7.94. The summed E-state index contributed by atoms with van der Waals surface area (Å²) in [5, 5.41) is 3.78. The van der Waals surface area contributed by atoms with Crippen LogP contribution in [0, 0.1) is 5.92 Å². The molecule has 2 nitrogen and oxygen atoms in total. The minimum atomic E-state index is 0.765. The summed E-state index contributed by atoms with van der Waals surface area (Å²) < 4.78 is 0. The van der Waals surface area contributed by atoms with Crippen LogP contribution >= 0.6 is 0 Å². The first kappa shape index (κ1) is 17.0. The predicted molar refractivity (Wildman–Crippen MR) is 85.7 cm³/mol. The SMILES string of the molecule is CCCCCCCCCCNC1CCN(C)CC1C. The van der Waals surface area contributed by atoms with Gasteiger partial charge in [0.2, 0.25) is 0 Å². The maximum atomic E-state index is 3.78. The van der Waals surface area contributed by atoms with Crippen molar-refractivity contribution in [3.63, 3.8) is 0 Å². The van der Waals surface area contributed by atoms with Crippen LogP contribution in [0.25, 0.3) is 0 Å². The molecule has 1 heterocycles. The molecule has 0 spiro atoms. The van der Waals surface area contributed by atoms with Crippen molar-refractivity contribution in [2.75, 3.05) is 26.7 Å². The maximum absolute atomic E-state index is 3.78. The zero-order chi connectivity index (χ0) is 13.9. The molecule has 1 aliphatic heterocycles. The number of unbranched alkanes of at least 4 members (excludes halogenated alkanes) is 7. The maximum Gasteiger partial charge on any atom is 0.0117 e. The fourth-order valence-electron chi connectivity index (χ4n) is 3.20. The van der Waals surface area contributed by atoms with Crippen LogP contribution in [-0.2, 0) is 0 Å². The molecule has 0 aliphatic carbocycles. The van der Waals surface area contributed by atoms with E-state index in [1.807, 2.05) is 0 Å². The highest BCUT2D eigenvalue weighted by atomic mass is 15.1. The molecule has 0 amide bonds. The van der Waals surface area contributed by atoms with Crippen LogP contribution in [0.1, 0.15) is 71.6 Å². The lowest BCUT2D eigenvalue weighted by molar-refractivity contribution is 0.175. The van der Waals surface area contributed by atoms with Crippen molar-refractivity contribution in [3.8, 4) is 0 Å². The smallest absolute Gasteiger partial charge is 0.0117 e. The van der Waals surface area contributed by atoms with Gasteiger partial charge in [0.15, 0.2) is 0 Å². The number of hydrogen-bond donors (Lipinski definition) is 1. The van der Waals surface area contributed by atoms with E-state index >= 15 is 0 Å². The fourth-order valence-corrected chi connectivity index (χ4v) is 3.20. The molecule has 0 aromatic carbocycles. The Labute approximate surface area is 121 Å². The summed E-state index contributed by atoms with van der Waals surface area (Å²) in [5.74, 6) is 0.813. The molecular weight excluding hydrogens is 232 g/mol. The lowest BCUT2D eigenvalue weighted by Gasteiger charge is -2.35. The normalized spacial score (nSPS) is 24.8. The van der Waals surface area contributed by atoms with E-state index in [1.54, 1.807) is 0 Å². The summed E-state index contributed by atoms with van der Waals surface area (Å²) in [6.45, 7) is 8.43. The Bertz CT molecular complexity index is 205. The van der Waals surface area contributed by atoms with Crippen LogP contribution in [0.2, 0.25) is 0 Å². The molecule has 114 valence electrons. The van der Waals surface area contributed by atoms with Crippen molar-refractivity contribution in [3.05, 3.63) is 0 Å². The van der Waals surface area contributed by atoms with Gasteiger partial charge in [-0.1, -0.05) is 58.8 Å². The molecule has 1 rings (SSSR count). The second-order valence-corrected chi connectivity index (χ2v) is 6.56. The Kier molecular flexibility index (Phi) is 9.54. The van der Waals surface area contributed by atoms with Crippen LogP contribution in [0.3, 0.4) is 0 Å². The molecule has 1 N–H and O–H groups in total. The molecule has 1 saturated heterocycles. The van der Waals surface area contributed by atoms with Gasteiger partial charge >= 0.3 is 0 Å². The summed E-state index contributed by atoms with van der Waals surface area (Å²) in [6.07, 6.45) is 12.7. The topological polar surface area (TPSA) is 15.3 Å². The Hall–Kier alpha value is -0.0800. The first-order valence-corrected chi connectivity index (χ1v) is 8.66. The van der Waals surface area contributed by atoms with Crippen molar-refractivity contribution < 1.29 is 0 Å². The van der Waals surface area contributed by atoms with Crippen LogP contribution in [0.4, 0.5) is 0 Å². The number of likely N-dealkylation sites (tertiary alicyclic amines) is 1. The van der Waals surface area contributed by atoms with Gasteiger partial charge in [-0.15, -0.1) is 0 Å². The summed E-state index contributed by atoms with van der Waals surface area (Å²) in [6, 6.07) is 0.765. The molecular formula is C17H36N2. The highest BCUT2D eigenvalue weighted by Gasteiger charge is 2.22. The predicted octanol–water partition coefficient (Wildman–Crippen LogP) is 4.06. The van der Waals surface area contributed by atoms with E-state index in [-0.39, 0.29) is 0 Å². The summed E-state index contributed by atoms with van der Waals surface area (Å²) in [7, 11) is 2.24. The standard InChI is InChI=1S/C17H36N2/c1-4-5-6-7-8-9-10-11-13-18-17-12-14-19(3)15-16(17)2/h16-18H,4-15H2,1-3H3. The van der Waals surface area contributed by atoms with Crippen molar-refractivity contribution in [1.82, 2.24) is 10.2 Å². The second-order valence-electron chi connectivity index (χ2n) is 6.56. The van der Waals surface area contributed by atoms with Crippen LogP contribution < -0.4 is 5.32 Å². The van der Waals surface area contributed by atoms with Crippen LogP contribution in [0.15, 0.2) is 0 Å². The number of nitrogens with one attached hydrogen (secondary N) is 1. The summed E-state index contributed by atoms with van der Waals surface area (Å²) >= 11 is 0. The summed E-state index contributed by atoms with van der Waals surface area (Å²) in [4.78, 5) is 2.46. The zero-order valence-electron chi connectivity index (χ0n) is 13.6. The second kappa shape index (κ2) is 10.7. The third-order valence-electron chi connectivity index (χ3n) is 4.55. The van der Waals surface area contributed by atoms with E-state index in [1.165, 1.54) is 77.4 Å². The number of piperidine rings is 1. The molecule has 0 aromatic rings. The minimum Gasteiger partial charge on any atom is -0.314 e. The van der Waals surface area contributed by atoms with E-state index in [0.717, 1.165) is 12.0 Å². The first-order chi connectivity index (χ1) is 9.24. The molecule has 2 unspecified atom stereocenters. The monoisotopic (exact) mass is 268 g/mol. The van der Waals surface area contributed by atoms with Gasteiger partial charge in [0.25, 0.3) is 0 Å². The average molecular weight is 268 g/mol. The Morgan fingerprint density at radius 1 is 1.00 bits per heavy atom. The highest BCUT2D eigenvalue weighted by molar-refractivity contribution is 4.81. The van der Waals surface area contributed by atoms with Gasteiger partial charge in [-0.3, -0.25) is 0 Å². The number of hydrogen-bond acceptors (Lipinski definition) is 2. The molecule has 0 aromatic heterocycles. The van der Waals surface area contributed by atoms with Gasteiger partial charge in [0.1, 0.15) is 0 Å². The molecule has 0 bridgehead atoms. The lowest BCUT2D eigenvalue weighted by Crippen LogP contribution is -2.47. The van der Waals surface area contributed by atoms with E-state index in [2.05, 4.69) is 31.1 Å². The van der Waals surface area contributed by atoms with Gasteiger partial charge in [0, 0.05) is 12.6 Å². The zero-order valence-corrected chi connectivity index (χ0v) is 13.6. The molecule has 2 heteroatoms. The molecule has 1 aliphatic rings. The first-order valence-electron chi connectivity index (χ1n) is 8.66. The van der Waals surface area contributed by atoms with Crippen molar-refractivity contribution in [2.45, 2.75) is 77.7 Å². The largest absolute Gasteiger partial charge is 0.314 e. The van der Waals surface area contributed by atoms with E-state index in [9.17, 15) is 0 Å². The lowest BCUT2D eigenvalue weighted by atomic mass is 9.94. The third-order valence-corrected chi connectivity index (χ3v) is 4.55. The van der Waals surface area contributed by atoms with Crippen LogP contribution in [0.5, 0.6) is 0 Å². The van der Waals surface area contributed by atoms with Gasteiger partial charge < -0.3 is 10.2 Å². The van der Waals surface area contributed by atoms with Crippen molar-refractivity contribution in [1.29, 1.82) is 0 Å². The Morgan fingerprint density at radius 3 is 2.26 bits per heavy atom. The Morgan fingerprint density at radius 2 is 1.63 bits per heavy atom. The van der Waals surface area contributed by atoms with Gasteiger partial charge in [-0.25, -0.2) is 0 Å². The highest BCUT2D eigenvalue weighted by Crippen LogP contribution is 2.15. The Balaban J connectivity index is 1.88. The van der Waals surface area contributed by atoms with Gasteiger partial charge in [-0.2, -0.15) is 0 Å². The van der Waals surface area contributed by atoms with Gasteiger partial charge in [0.05, 0.1) is 0 Å². The molecule has 1 fully saturated rings. The van der Waals surface area contributed by atoms with Crippen LogP contribution in [-0.4, -0.2) is 37.6 Å². The number of nitrogens with zero attached hydrogens (tertiary/aromatic N) is 1. The van der Waals surface area contributed by atoms with E-state index in [0.29, 0.717) is 0 Å². The average Bonchev–Trinajstić information content (AvgIpc) is 2.39. The van der Waals surface area contributed by atoms with Crippen molar-refractivity contribution >= 4 is 0 Å². The van der Waals surface area contributed by atoms with Gasteiger partial charge in [-0.05, 0) is 38.9 Å². The molecule has 0 radical (unpaired) electrons. The van der Waals surface area contributed by atoms with Crippen molar-refractivity contribution in [2.24, 2.45) is 5.92 Å². The summed E-state index contributed by atoms with van der Waals surface area (Å²) in [5.41, 5.74) is 0. The molecule has 0 saturated carbocycles. The quantitative estimate of drug-likeness (QED) is 0.601.